The van der Waals surface area contributed by atoms with Crippen LogP contribution in [0.15, 0.2) is 41.2 Å². The second kappa shape index (κ2) is 7.23. The average Bonchev–Trinajstić information content (AvgIpc) is 3.16. The highest BCUT2D eigenvalue weighted by atomic mass is 32.1. The van der Waals surface area contributed by atoms with E-state index >= 15 is 0 Å². The van der Waals surface area contributed by atoms with E-state index in [9.17, 15) is 9.90 Å². The Kier molecular flexibility index (Phi) is 4.85. The summed E-state index contributed by atoms with van der Waals surface area (Å²) in [6.07, 6.45) is 1.71. The zero-order chi connectivity index (χ0) is 17.8. The van der Waals surface area contributed by atoms with Crippen LogP contribution < -0.4 is 5.32 Å². The number of nitrogens with zero attached hydrogens (tertiary/aromatic N) is 2. The number of carboxylic acids is 1. The summed E-state index contributed by atoms with van der Waals surface area (Å²) >= 11 is 1.55. The van der Waals surface area contributed by atoms with Crippen molar-refractivity contribution < 1.29 is 9.90 Å². The molecule has 3 N–H and O–H groups in total. The first-order valence-electron chi connectivity index (χ1n) is 7.55. The molecule has 0 atom stereocenters. The summed E-state index contributed by atoms with van der Waals surface area (Å²) in [6.45, 7) is 0. The molecule has 0 saturated heterocycles. The molecule has 0 saturated carbocycles. The summed E-state index contributed by atoms with van der Waals surface area (Å²) in [7, 11) is 1.66. The average molecular weight is 352 g/mol. The number of carboxylic acid groups (broad SMARTS) is 1. The zero-order valence-electron chi connectivity index (χ0n) is 13.5. The van der Waals surface area contributed by atoms with E-state index < -0.39 is 5.97 Å². The van der Waals surface area contributed by atoms with Gasteiger partial charge in [-0.3, -0.25) is 0 Å². The topological polar surface area (TPSA) is 99.0 Å². The first kappa shape index (κ1) is 16.8. The fraction of sp³-hybridized carbons (Fsp3) is 0.111. The van der Waals surface area contributed by atoms with Gasteiger partial charge in [-0.05, 0) is 23.6 Å². The van der Waals surface area contributed by atoms with Gasteiger partial charge in [0, 0.05) is 29.8 Å². The summed E-state index contributed by atoms with van der Waals surface area (Å²) in [5.74, 6) is -0.697. The van der Waals surface area contributed by atoms with Gasteiger partial charge in [-0.2, -0.15) is 0 Å². The summed E-state index contributed by atoms with van der Waals surface area (Å²) in [4.78, 5) is 19.6. The van der Waals surface area contributed by atoms with Crippen LogP contribution in [0.1, 0.15) is 27.2 Å². The van der Waals surface area contributed by atoms with Crippen molar-refractivity contribution in [3.63, 3.8) is 0 Å². The van der Waals surface area contributed by atoms with Crippen molar-refractivity contribution >= 4 is 29.3 Å². The van der Waals surface area contributed by atoms with Crippen LogP contribution in [-0.4, -0.2) is 34.3 Å². The van der Waals surface area contributed by atoms with Crippen molar-refractivity contribution in [2.24, 2.45) is 0 Å². The molecule has 2 heterocycles. The molecular weight excluding hydrogens is 336 g/mol. The third-order valence-corrected chi connectivity index (χ3v) is 4.41. The predicted molar refractivity (Wildman–Crippen MR) is 99.0 cm³/mol. The Bertz CT molecular complexity index is 906. The maximum absolute atomic E-state index is 11.3. The number of aromatic nitrogens is 2. The van der Waals surface area contributed by atoms with E-state index in [1.165, 1.54) is 12.3 Å². The summed E-state index contributed by atoms with van der Waals surface area (Å²) in [5.41, 5.74) is 6.09. The number of thiazole rings is 1. The number of benzene rings is 1. The van der Waals surface area contributed by atoms with E-state index in [0.29, 0.717) is 17.8 Å². The molecular formula is C18H16N4O2S. The van der Waals surface area contributed by atoms with Crippen LogP contribution in [0.3, 0.4) is 0 Å². The summed E-state index contributed by atoms with van der Waals surface area (Å²) < 4.78 is 0. The Morgan fingerprint density at radius 3 is 2.68 bits per heavy atom. The molecule has 0 spiro atoms. The minimum Gasteiger partial charge on any atom is -0.477 e. The minimum absolute atomic E-state index is 0.0379. The Labute approximate surface area is 148 Å². The van der Waals surface area contributed by atoms with Gasteiger partial charge in [-0.15, -0.1) is 11.3 Å². The van der Waals surface area contributed by atoms with E-state index in [1.54, 1.807) is 23.9 Å². The Hall–Kier alpha value is -3.06. The molecule has 1 aromatic carbocycles. The quantitative estimate of drug-likeness (QED) is 0.589. The fourth-order valence-corrected chi connectivity index (χ4v) is 3.14. The van der Waals surface area contributed by atoms with E-state index in [4.69, 9.17) is 5.41 Å². The van der Waals surface area contributed by atoms with Crippen LogP contribution in [0.5, 0.6) is 0 Å². The lowest BCUT2D eigenvalue weighted by Gasteiger charge is -2.12. The SMILES string of the molecule is CNc1nc(C(=O)O)cc(Cc2ccc(-c3cscn3)cc2)c1C=N. The smallest absolute Gasteiger partial charge is 0.354 e. The van der Waals surface area contributed by atoms with Gasteiger partial charge in [0.15, 0.2) is 5.69 Å². The first-order valence-corrected chi connectivity index (χ1v) is 8.49. The molecule has 0 fully saturated rings. The number of aromatic carboxylic acids is 1. The van der Waals surface area contributed by atoms with Crippen LogP contribution in [0.4, 0.5) is 5.82 Å². The molecule has 0 aliphatic carbocycles. The standard InChI is InChI=1S/C18H16N4O2S/c1-20-17-14(8-19)13(7-15(22-17)18(23)24)6-11-2-4-12(5-3-11)16-9-25-10-21-16/h2-5,7-10,19H,6H2,1H3,(H,20,22)(H,23,24). The van der Waals surface area contributed by atoms with Gasteiger partial charge in [-0.25, -0.2) is 14.8 Å². The second-order valence-electron chi connectivity index (χ2n) is 5.38. The second-order valence-corrected chi connectivity index (χ2v) is 6.09. The molecule has 25 heavy (non-hydrogen) atoms. The van der Waals surface area contributed by atoms with E-state index in [2.05, 4.69) is 15.3 Å². The van der Waals surface area contributed by atoms with Crippen LogP contribution in [0, 0.1) is 5.41 Å². The molecule has 0 amide bonds. The lowest BCUT2D eigenvalue weighted by Crippen LogP contribution is -2.09. The van der Waals surface area contributed by atoms with Crippen molar-refractivity contribution in [1.29, 1.82) is 5.41 Å². The Morgan fingerprint density at radius 1 is 1.36 bits per heavy atom. The largest absolute Gasteiger partial charge is 0.477 e. The molecule has 7 heteroatoms. The van der Waals surface area contributed by atoms with Crippen LogP contribution in [0.25, 0.3) is 11.3 Å². The van der Waals surface area contributed by atoms with Crippen molar-refractivity contribution in [2.45, 2.75) is 6.42 Å². The molecule has 0 aliphatic heterocycles. The molecule has 3 aromatic rings. The van der Waals surface area contributed by atoms with Gasteiger partial charge >= 0.3 is 5.97 Å². The summed E-state index contributed by atoms with van der Waals surface area (Å²) in [6, 6.07) is 9.49. The van der Waals surface area contributed by atoms with Gasteiger partial charge < -0.3 is 15.8 Å². The number of anilines is 1. The molecule has 0 unspecified atom stereocenters. The van der Waals surface area contributed by atoms with Crippen molar-refractivity contribution in [3.8, 4) is 11.3 Å². The number of rotatable bonds is 6. The van der Waals surface area contributed by atoms with Gasteiger partial charge in [0.25, 0.3) is 0 Å². The maximum atomic E-state index is 11.3. The molecule has 6 nitrogen and oxygen atoms in total. The van der Waals surface area contributed by atoms with Gasteiger partial charge in [0.2, 0.25) is 0 Å². The van der Waals surface area contributed by atoms with Gasteiger partial charge in [0.1, 0.15) is 5.82 Å². The minimum atomic E-state index is -1.09. The van der Waals surface area contributed by atoms with Gasteiger partial charge in [0.05, 0.1) is 11.2 Å². The van der Waals surface area contributed by atoms with Crippen LogP contribution >= 0.6 is 11.3 Å². The lowest BCUT2D eigenvalue weighted by atomic mass is 9.99. The van der Waals surface area contributed by atoms with Crippen molar-refractivity contribution in [3.05, 3.63) is 63.6 Å². The number of carbonyl (C=O) groups is 1. The number of nitrogens with one attached hydrogen (secondary N) is 2. The first-order chi connectivity index (χ1) is 12.1. The van der Waals surface area contributed by atoms with E-state index in [0.717, 1.165) is 22.4 Å². The molecule has 0 aliphatic rings. The number of pyridine rings is 1. The highest BCUT2D eigenvalue weighted by Crippen LogP contribution is 2.23. The highest BCUT2D eigenvalue weighted by molar-refractivity contribution is 7.07. The number of hydrogen-bond acceptors (Lipinski definition) is 6. The highest BCUT2D eigenvalue weighted by Gasteiger charge is 2.14. The normalized spacial score (nSPS) is 10.4. The molecule has 0 bridgehead atoms. The van der Waals surface area contributed by atoms with E-state index in [-0.39, 0.29) is 5.69 Å². The Balaban J connectivity index is 1.95. The number of hydrogen-bond donors (Lipinski definition) is 3. The third-order valence-electron chi connectivity index (χ3n) is 3.82. The zero-order valence-corrected chi connectivity index (χ0v) is 14.3. The molecule has 3 rings (SSSR count). The maximum Gasteiger partial charge on any atom is 0.354 e. The lowest BCUT2D eigenvalue weighted by molar-refractivity contribution is 0.0690. The van der Waals surface area contributed by atoms with Crippen molar-refractivity contribution in [2.75, 3.05) is 12.4 Å². The molecule has 0 radical (unpaired) electrons. The third kappa shape index (κ3) is 3.56. The van der Waals surface area contributed by atoms with Gasteiger partial charge in [-0.1, -0.05) is 24.3 Å². The monoisotopic (exact) mass is 352 g/mol. The van der Waals surface area contributed by atoms with E-state index in [1.807, 2.05) is 29.6 Å². The molecule has 2 aromatic heterocycles. The fourth-order valence-electron chi connectivity index (χ4n) is 2.58. The van der Waals surface area contributed by atoms with Crippen molar-refractivity contribution in [1.82, 2.24) is 9.97 Å². The predicted octanol–water partition coefficient (Wildman–Crippen LogP) is 3.53. The Morgan fingerprint density at radius 2 is 2.12 bits per heavy atom. The summed E-state index contributed by atoms with van der Waals surface area (Å²) in [5, 5.41) is 21.7. The molecule has 126 valence electrons. The van der Waals surface area contributed by atoms with Crippen LogP contribution in [-0.2, 0) is 6.42 Å². The van der Waals surface area contributed by atoms with Crippen LogP contribution in [0.2, 0.25) is 0 Å².